The topological polar surface area (TPSA) is 61.8 Å². The maximum absolute atomic E-state index is 12.6. The van der Waals surface area contributed by atoms with Crippen molar-refractivity contribution in [3.8, 4) is 0 Å². The van der Waals surface area contributed by atoms with Crippen molar-refractivity contribution in [2.75, 3.05) is 6.61 Å². The summed E-state index contributed by atoms with van der Waals surface area (Å²) in [5.41, 5.74) is 1.67. The van der Waals surface area contributed by atoms with Crippen LogP contribution in [0.2, 0.25) is 0 Å². The zero-order valence-corrected chi connectivity index (χ0v) is 13.8. The third-order valence-electron chi connectivity index (χ3n) is 2.89. The molecule has 0 radical (unpaired) electrons. The van der Waals surface area contributed by atoms with Gasteiger partial charge < -0.3 is 0 Å². The van der Waals surface area contributed by atoms with Gasteiger partial charge in [-0.05, 0) is 18.1 Å². The molecule has 0 aliphatic rings. The van der Waals surface area contributed by atoms with Gasteiger partial charge in [0.25, 0.3) is 0 Å². The molecule has 0 aliphatic heterocycles. The fourth-order valence-electron chi connectivity index (χ4n) is 1.74. The Morgan fingerprint density at radius 3 is 1.65 bits per heavy atom. The van der Waals surface area contributed by atoms with Crippen molar-refractivity contribution in [2.45, 2.75) is 20.1 Å². The van der Waals surface area contributed by atoms with E-state index in [0.29, 0.717) is 0 Å². The Bertz CT molecular complexity index is 610. The number of ketones is 1. The van der Waals surface area contributed by atoms with Crippen molar-refractivity contribution < 1.29 is 22.9 Å². The first kappa shape index (κ1) is 17.6. The van der Waals surface area contributed by atoms with E-state index in [1.54, 1.807) is 0 Å². The van der Waals surface area contributed by atoms with Crippen molar-refractivity contribution >= 4 is 13.6 Å². The van der Waals surface area contributed by atoms with Crippen LogP contribution in [-0.4, -0.2) is 12.4 Å². The molecular formula is C17H19O5P. The molecule has 0 unspecified atom stereocenters. The van der Waals surface area contributed by atoms with Gasteiger partial charge in [-0.25, -0.2) is 4.57 Å². The molecule has 0 aliphatic carbocycles. The molecule has 2 aromatic rings. The summed E-state index contributed by atoms with van der Waals surface area (Å²) in [7, 11) is -3.82. The maximum Gasteiger partial charge on any atom is 0.475 e. The van der Waals surface area contributed by atoms with Gasteiger partial charge in [0.2, 0.25) is 0 Å². The van der Waals surface area contributed by atoms with E-state index in [0.717, 1.165) is 11.1 Å². The zero-order chi connectivity index (χ0) is 16.5. The minimum atomic E-state index is -3.82. The molecule has 0 fully saturated rings. The van der Waals surface area contributed by atoms with Crippen LogP contribution >= 0.6 is 7.82 Å². The number of hydrogen-bond donors (Lipinski definition) is 0. The summed E-state index contributed by atoms with van der Waals surface area (Å²) >= 11 is 0. The molecule has 5 nitrogen and oxygen atoms in total. The summed E-state index contributed by atoms with van der Waals surface area (Å²) in [6.45, 7) is 1.18. The second-order valence-corrected chi connectivity index (χ2v) is 6.61. The molecule has 0 spiro atoms. The normalized spacial score (nSPS) is 11.3. The van der Waals surface area contributed by atoms with Crippen LogP contribution in [0.3, 0.4) is 0 Å². The van der Waals surface area contributed by atoms with Gasteiger partial charge in [0.05, 0.1) is 13.2 Å². The van der Waals surface area contributed by atoms with Gasteiger partial charge in [-0.15, -0.1) is 0 Å². The number of rotatable bonds is 9. The molecular weight excluding hydrogens is 315 g/mol. The Hall–Kier alpha value is -1.78. The standard InChI is InChI=1S/C17H19O5P/c1-15(18)12-20-23(19,21-13-16-8-4-2-5-9-16)22-14-17-10-6-3-7-11-17/h2-11H,12-14H2,1H3. The van der Waals surface area contributed by atoms with E-state index < -0.39 is 7.82 Å². The molecule has 2 aromatic carbocycles. The zero-order valence-electron chi connectivity index (χ0n) is 12.9. The third-order valence-corrected chi connectivity index (χ3v) is 4.23. The minimum absolute atomic E-state index is 0.0742. The van der Waals surface area contributed by atoms with E-state index in [1.807, 2.05) is 60.7 Å². The fourth-order valence-corrected chi connectivity index (χ4v) is 2.92. The van der Waals surface area contributed by atoms with E-state index in [1.165, 1.54) is 6.92 Å². The molecule has 2 rings (SSSR count). The quantitative estimate of drug-likeness (QED) is 0.645. The van der Waals surface area contributed by atoms with Crippen molar-refractivity contribution in [3.63, 3.8) is 0 Å². The van der Waals surface area contributed by atoms with Crippen LogP contribution in [0, 0.1) is 0 Å². The number of phosphoric acid groups is 1. The van der Waals surface area contributed by atoms with E-state index in [2.05, 4.69) is 0 Å². The molecule has 6 heteroatoms. The molecule has 0 heterocycles. The number of phosphoric ester groups is 1. The highest BCUT2D eigenvalue weighted by molar-refractivity contribution is 7.48. The highest BCUT2D eigenvalue weighted by atomic mass is 31.2. The smallest absolute Gasteiger partial charge is 0.297 e. The van der Waals surface area contributed by atoms with E-state index in [4.69, 9.17) is 13.6 Å². The fraction of sp³-hybridized carbons (Fsp3) is 0.235. The van der Waals surface area contributed by atoms with Crippen molar-refractivity contribution in [1.29, 1.82) is 0 Å². The van der Waals surface area contributed by atoms with Gasteiger partial charge in [-0.3, -0.25) is 18.4 Å². The molecule has 0 saturated carbocycles. The lowest BCUT2D eigenvalue weighted by Gasteiger charge is -2.17. The number of hydrogen-bond acceptors (Lipinski definition) is 5. The second kappa shape index (κ2) is 8.75. The molecule has 0 atom stereocenters. The molecule has 0 aromatic heterocycles. The monoisotopic (exact) mass is 334 g/mol. The van der Waals surface area contributed by atoms with Gasteiger partial charge in [0.1, 0.15) is 6.61 Å². The van der Waals surface area contributed by atoms with Crippen LogP contribution in [0.4, 0.5) is 0 Å². The van der Waals surface area contributed by atoms with Gasteiger partial charge in [-0.1, -0.05) is 60.7 Å². The Balaban J connectivity index is 1.99. The first-order chi connectivity index (χ1) is 11.1. The summed E-state index contributed by atoms with van der Waals surface area (Å²) in [5.74, 6) is -0.253. The highest BCUT2D eigenvalue weighted by Crippen LogP contribution is 2.50. The largest absolute Gasteiger partial charge is 0.475 e. The van der Waals surface area contributed by atoms with Gasteiger partial charge >= 0.3 is 7.82 Å². The Morgan fingerprint density at radius 2 is 1.26 bits per heavy atom. The molecule has 0 bridgehead atoms. The van der Waals surface area contributed by atoms with Crippen molar-refractivity contribution in [3.05, 3.63) is 71.8 Å². The summed E-state index contributed by atoms with van der Waals surface area (Å²) in [6, 6.07) is 18.5. The highest BCUT2D eigenvalue weighted by Gasteiger charge is 2.27. The predicted octanol–water partition coefficient (Wildman–Crippen LogP) is 4.13. The summed E-state index contributed by atoms with van der Waals surface area (Å²) in [4.78, 5) is 11.1. The Labute approximate surface area is 135 Å². The summed E-state index contributed by atoms with van der Waals surface area (Å²) in [5, 5.41) is 0. The van der Waals surface area contributed by atoms with Gasteiger partial charge in [0, 0.05) is 0 Å². The third kappa shape index (κ3) is 6.47. The van der Waals surface area contributed by atoms with Crippen LogP contribution in [0.1, 0.15) is 18.1 Å². The van der Waals surface area contributed by atoms with Crippen molar-refractivity contribution in [1.82, 2.24) is 0 Å². The number of carbonyl (C=O) groups excluding carboxylic acids is 1. The lowest BCUT2D eigenvalue weighted by molar-refractivity contribution is -0.119. The predicted molar refractivity (Wildman–Crippen MR) is 86.7 cm³/mol. The maximum atomic E-state index is 12.6. The summed E-state index contributed by atoms with van der Waals surface area (Å²) in [6.07, 6.45) is 0. The second-order valence-electron chi connectivity index (χ2n) is 4.94. The SMILES string of the molecule is CC(=O)COP(=O)(OCc1ccccc1)OCc1ccccc1. The number of benzene rings is 2. The van der Waals surface area contributed by atoms with Crippen LogP contribution in [0.15, 0.2) is 60.7 Å². The minimum Gasteiger partial charge on any atom is -0.297 e. The van der Waals surface area contributed by atoms with E-state index >= 15 is 0 Å². The lowest BCUT2D eigenvalue weighted by atomic mass is 10.2. The average molecular weight is 334 g/mol. The molecule has 0 amide bonds. The Morgan fingerprint density at radius 1 is 0.826 bits per heavy atom. The molecule has 0 saturated heterocycles. The van der Waals surface area contributed by atoms with Crippen LogP contribution in [0.5, 0.6) is 0 Å². The van der Waals surface area contributed by atoms with E-state index in [-0.39, 0.29) is 25.6 Å². The van der Waals surface area contributed by atoms with E-state index in [9.17, 15) is 9.36 Å². The van der Waals surface area contributed by atoms with Crippen LogP contribution < -0.4 is 0 Å². The van der Waals surface area contributed by atoms with Gasteiger partial charge in [-0.2, -0.15) is 0 Å². The number of Topliss-reactive ketones (excluding diaryl/α,β-unsaturated/α-hetero) is 1. The first-order valence-corrected chi connectivity index (χ1v) is 8.64. The lowest BCUT2D eigenvalue weighted by Crippen LogP contribution is -2.07. The molecule has 122 valence electrons. The van der Waals surface area contributed by atoms with Crippen LogP contribution in [0.25, 0.3) is 0 Å². The van der Waals surface area contributed by atoms with Crippen molar-refractivity contribution in [2.24, 2.45) is 0 Å². The molecule has 23 heavy (non-hydrogen) atoms. The first-order valence-electron chi connectivity index (χ1n) is 7.18. The number of carbonyl (C=O) groups is 1. The average Bonchev–Trinajstić information content (AvgIpc) is 2.59. The summed E-state index contributed by atoms with van der Waals surface area (Å²) < 4.78 is 28.4. The Kier molecular flexibility index (Phi) is 6.68. The van der Waals surface area contributed by atoms with Gasteiger partial charge in [0.15, 0.2) is 5.78 Å². The van der Waals surface area contributed by atoms with Crippen LogP contribution in [-0.2, 0) is 36.1 Å². The molecule has 0 N–H and O–H groups in total.